The van der Waals surface area contributed by atoms with Crippen LogP contribution >= 0.6 is 0 Å². The molecular weight excluding hydrogens is 440 g/mol. The van der Waals surface area contributed by atoms with Gasteiger partial charge in [0, 0.05) is 18.4 Å². The molecule has 3 aromatic heterocycles. The monoisotopic (exact) mass is 465 g/mol. The molecule has 1 aliphatic rings. The SMILES string of the molecule is CCOc1cc(-c2cccc(C(N)C3CC(F)(F)C3)n2)cc2c1cnn2-c1cccc(CO)n1. The van der Waals surface area contributed by atoms with Crippen LogP contribution in [0, 0.1) is 5.92 Å². The van der Waals surface area contributed by atoms with Crippen LogP contribution in [-0.2, 0) is 6.61 Å². The number of hydrogen-bond acceptors (Lipinski definition) is 6. The highest BCUT2D eigenvalue weighted by molar-refractivity contribution is 5.90. The third kappa shape index (κ3) is 4.12. The number of halogens is 2. The van der Waals surface area contributed by atoms with Crippen molar-refractivity contribution in [1.82, 2.24) is 19.7 Å². The van der Waals surface area contributed by atoms with Gasteiger partial charge in [-0.15, -0.1) is 0 Å². The number of benzene rings is 1. The van der Waals surface area contributed by atoms with Crippen LogP contribution in [0.4, 0.5) is 8.78 Å². The zero-order valence-electron chi connectivity index (χ0n) is 18.7. The molecule has 1 fully saturated rings. The van der Waals surface area contributed by atoms with Crippen molar-refractivity contribution in [3.8, 4) is 22.8 Å². The quantitative estimate of drug-likeness (QED) is 0.419. The molecule has 0 radical (unpaired) electrons. The van der Waals surface area contributed by atoms with Crippen LogP contribution in [0.1, 0.15) is 37.2 Å². The molecule has 0 saturated heterocycles. The fourth-order valence-corrected chi connectivity index (χ4v) is 4.37. The van der Waals surface area contributed by atoms with Gasteiger partial charge in [0.25, 0.3) is 0 Å². The Labute approximate surface area is 195 Å². The van der Waals surface area contributed by atoms with Gasteiger partial charge >= 0.3 is 0 Å². The standard InChI is InChI=1S/C25H25F2N5O2/c1-2-34-22-10-15(19-6-4-7-20(31-19)24(28)16-11-25(26,27)12-16)9-21-18(22)13-29-32(21)23-8-3-5-17(14-33)30-23/h3-10,13,16,24,33H,2,11-12,14,28H2,1H3. The topological polar surface area (TPSA) is 99.1 Å². The summed E-state index contributed by atoms with van der Waals surface area (Å²) in [5, 5.41) is 14.8. The van der Waals surface area contributed by atoms with E-state index >= 15 is 0 Å². The first-order valence-corrected chi connectivity index (χ1v) is 11.2. The van der Waals surface area contributed by atoms with E-state index in [1.807, 2.05) is 43.3 Å². The largest absolute Gasteiger partial charge is 0.493 e. The second-order valence-corrected chi connectivity index (χ2v) is 8.54. The van der Waals surface area contributed by atoms with E-state index in [0.717, 1.165) is 16.5 Å². The molecule has 1 unspecified atom stereocenters. The molecule has 176 valence electrons. The summed E-state index contributed by atoms with van der Waals surface area (Å²) in [5.74, 6) is -1.70. The van der Waals surface area contributed by atoms with E-state index in [9.17, 15) is 13.9 Å². The fraction of sp³-hybridized carbons (Fsp3) is 0.320. The number of aliphatic hydroxyl groups excluding tert-OH is 1. The van der Waals surface area contributed by atoms with Crippen LogP contribution in [0.3, 0.4) is 0 Å². The third-order valence-corrected chi connectivity index (χ3v) is 6.16. The number of aliphatic hydroxyl groups is 1. The molecule has 7 nitrogen and oxygen atoms in total. The average molecular weight is 466 g/mol. The van der Waals surface area contributed by atoms with E-state index in [1.165, 1.54) is 0 Å². The highest BCUT2D eigenvalue weighted by atomic mass is 19.3. The summed E-state index contributed by atoms with van der Waals surface area (Å²) in [5.41, 5.74) is 9.61. The molecule has 0 amide bonds. The Morgan fingerprint density at radius 3 is 2.71 bits per heavy atom. The number of alkyl halides is 2. The smallest absolute Gasteiger partial charge is 0.248 e. The van der Waals surface area contributed by atoms with Gasteiger partial charge in [-0.25, -0.2) is 18.4 Å². The van der Waals surface area contributed by atoms with Gasteiger partial charge in [-0.3, -0.25) is 4.98 Å². The van der Waals surface area contributed by atoms with Gasteiger partial charge in [0.1, 0.15) is 5.75 Å². The van der Waals surface area contributed by atoms with Crippen LogP contribution in [0.15, 0.2) is 54.7 Å². The zero-order chi connectivity index (χ0) is 23.9. The second kappa shape index (κ2) is 8.73. The second-order valence-electron chi connectivity index (χ2n) is 8.54. The molecule has 1 aliphatic carbocycles. The highest BCUT2D eigenvalue weighted by Crippen LogP contribution is 2.47. The first kappa shape index (κ1) is 22.4. The minimum atomic E-state index is -2.63. The van der Waals surface area contributed by atoms with Gasteiger partial charge in [0.15, 0.2) is 5.82 Å². The Morgan fingerprint density at radius 1 is 1.18 bits per heavy atom. The lowest BCUT2D eigenvalue weighted by molar-refractivity contribution is -0.117. The van der Waals surface area contributed by atoms with Crippen LogP contribution in [0.2, 0.25) is 0 Å². The minimum absolute atomic E-state index is 0.174. The van der Waals surface area contributed by atoms with Crippen molar-refractivity contribution in [2.75, 3.05) is 6.61 Å². The first-order chi connectivity index (χ1) is 16.4. The van der Waals surface area contributed by atoms with Crippen molar-refractivity contribution >= 4 is 10.9 Å². The maximum Gasteiger partial charge on any atom is 0.248 e. The summed E-state index contributed by atoms with van der Waals surface area (Å²) >= 11 is 0. The van der Waals surface area contributed by atoms with Gasteiger partial charge < -0.3 is 15.6 Å². The number of aromatic nitrogens is 4. The van der Waals surface area contributed by atoms with Crippen molar-refractivity contribution in [1.29, 1.82) is 0 Å². The van der Waals surface area contributed by atoms with Gasteiger partial charge in [0.05, 0.1) is 53.4 Å². The Kier molecular flexibility index (Phi) is 5.75. The van der Waals surface area contributed by atoms with Gasteiger partial charge in [-0.05, 0) is 49.2 Å². The summed E-state index contributed by atoms with van der Waals surface area (Å²) in [6.45, 7) is 2.20. The lowest BCUT2D eigenvalue weighted by atomic mass is 9.75. The Balaban J connectivity index is 1.57. The maximum absolute atomic E-state index is 13.4. The predicted octanol–water partition coefficient (Wildman–Crippen LogP) is 4.42. The number of hydrogen-bond donors (Lipinski definition) is 2. The number of rotatable bonds is 7. The van der Waals surface area contributed by atoms with Gasteiger partial charge in [-0.1, -0.05) is 12.1 Å². The summed E-state index contributed by atoms with van der Waals surface area (Å²) < 4.78 is 34.3. The van der Waals surface area contributed by atoms with Crippen molar-refractivity contribution in [3.63, 3.8) is 0 Å². The van der Waals surface area contributed by atoms with E-state index in [-0.39, 0.29) is 25.4 Å². The maximum atomic E-state index is 13.4. The van der Waals surface area contributed by atoms with E-state index in [4.69, 9.17) is 15.5 Å². The predicted molar refractivity (Wildman–Crippen MR) is 124 cm³/mol. The average Bonchev–Trinajstić information content (AvgIpc) is 3.26. The van der Waals surface area contributed by atoms with Crippen LogP contribution in [0.5, 0.6) is 5.75 Å². The molecule has 3 N–H and O–H groups in total. The minimum Gasteiger partial charge on any atom is -0.493 e. The lowest BCUT2D eigenvalue weighted by Crippen LogP contribution is -2.41. The summed E-state index contributed by atoms with van der Waals surface area (Å²) in [6, 6.07) is 14.1. The summed E-state index contributed by atoms with van der Waals surface area (Å²) in [7, 11) is 0. The molecule has 0 aliphatic heterocycles. The molecule has 34 heavy (non-hydrogen) atoms. The number of fused-ring (bicyclic) bond motifs is 1. The number of nitrogens with zero attached hydrogens (tertiary/aromatic N) is 4. The Morgan fingerprint density at radius 2 is 1.97 bits per heavy atom. The molecule has 4 aromatic rings. The van der Waals surface area contributed by atoms with E-state index in [0.29, 0.717) is 35.3 Å². The van der Waals surface area contributed by atoms with Crippen LogP contribution in [0.25, 0.3) is 28.0 Å². The summed E-state index contributed by atoms with van der Waals surface area (Å²) in [4.78, 5) is 9.17. The molecular formula is C25H25F2N5O2. The van der Waals surface area contributed by atoms with Crippen molar-refractivity contribution < 1.29 is 18.6 Å². The number of ether oxygens (including phenoxy) is 1. The fourth-order valence-electron chi connectivity index (χ4n) is 4.37. The van der Waals surface area contributed by atoms with Crippen molar-refractivity contribution in [3.05, 3.63) is 66.1 Å². The Hall–Kier alpha value is -3.43. The molecule has 1 saturated carbocycles. The van der Waals surface area contributed by atoms with Gasteiger partial charge in [-0.2, -0.15) is 5.10 Å². The van der Waals surface area contributed by atoms with Crippen molar-refractivity contribution in [2.45, 2.75) is 38.3 Å². The molecule has 3 heterocycles. The van der Waals surface area contributed by atoms with E-state index in [1.54, 1.807) is 23.0 Å². The van der Waals surface area contributed by atoms with Crippen molar-refractivity contribution in [2.24, 2.45) is 11.7 Å². The molecule has 0 spiro atoms. The number of nitrogens with two attached hydrogens (primary N) is 1. The number of pyridine rings is 2. The molecule has 9 heteroatoms. The van der Waals surface area contributed by atoms with Crippen LogP contribution < -0.4 is 10.5 Å². The Bertz CT molecular complexity index is 1330. The summed E-state index contributed by atoms with van der Waals surface area (Å²) in [6.07, 6.45) is 1.30. The van der Waals surface area contributed by atoms with Crippen LogP contribution in [-0.4, -0.2) is 37.4 Å². The highest BCUT2D eigenvalue weighted by Gasteiger charge is 2.48. The first-order valence-electron chi connectivity index (χ1n) is 11.2. The zero-order valence-corrected chi connectivity index (χ0v) is 18.7. The molecule has 1 atom stereocenters. The lowest BCUT2D eigenvalue weighted by Gasteiger charge is -2.38. The normalized spacial score (nSPS) is 16.4. The molecule has 1 aromatic carbocycles. The van der Waals surface area contributed by atoms with E-state index in [2.05, 4.69) is 10.1 Å². The molecule has 0 bridgehead atoms. The third-order valence-electron chi connectivity index (χ3n) is 6.16. The van der Waals surface area contributed by atoms with E-state index < -0.39 is 12.0 Å². The van der Waals surface area contributed by atoms with Gasteiger partial charge in [0.2, 0.25) is 5.92 Å². The molecule has 5 rings (SSSR count).